The average Bonchev–Trinajstić information content (AvgIpc) is 2.82. The summed E-state index contributed by atoms with van der Waals surface area (Å²) >= 11 is 0. The lowest BCUT2D eigenvalue weighted by Gasteiger charge is -2.45. The van der Waals surface area contributed by atoms with Crippen LogP contribution in [0.3, 0.4) is 0 Å². The van der Waals surface area contributed by atoms with E-state index in [1.165, 1.54) is 11.1 Å². The van der Waals surface area contributed by atoms with Crippen LogP contribution in [0.2, 0.25) is 0 Å². The molecule has 1 aliphatic rings. The van der Waals surface area contributed by atoms with Crippen molar-refractivity contribution < 1.29 is 0 Å². The number of nitrogens with zero attached hydrogens (tertiary/aromatic N) is 6. The van der Waals surface area contributed by atoms with Crippen molar-refractivity contribution in [1.82, 2.24) is 20.2 Å². The van der Waals surface area contributed by atoms with Gasteiger partial charge in [-0.05, 0) is 36.1 Å². The van der Waals surface area contributed by atoms with E-state index in [-0.39, 0.29) is 6.04 Å². The molecule has 0 amide bonds. The Morgan fingerprint density at radius 1 is 1.16 bits per heavy atom. The number of fused-ring (bicyclic) bond motifs is 1. The highest BCUT2D eigenvalue weighted by atomic mass is 15.4. The third-order valence-electron chi connectivity index (χ3n) is 6.07. The standard InChI is InChI=1S/C25H29N7/c1-18(2)23-16-31(24-15-27-21-10-6-7-11-22(21)30-24)12-13-32(23)25(29-17-26)28-14-20-9-5-4-8-19(20)3/h4-11,15,18,23H,12-14,16H2,1-3H3,(H,28,29). The Kier molecular flexibility index (Phi) is 6.50. The van der Waals surface area contributed by atoms with Crippen LogP contribution in [0.25, 0.3) is 11.0 Å². The molecule has 0 radical (unpaired) electrons. The van der Waals surface area contributed by atoms with Gasteiger partial charge in [0.1, 0.15) is 5.82 Å². The molecule has 1 fully saturated rings. The molecule has 32 heavy (non-hydrogen) atoms. The van der Waals surface area contributed by atoms with Crippen molar-refractivity contribution in [2.45, 2.75) is 33.4 Å². The monoisotopic (exact) mass is 427 g/mol. The molecule has 0 spiro atoms. The second kappa shape index (κ2) is 9.65. The van der Waals surface area contributed by atoms with Gasteiger partial charge >= 0.3 is 0 Å². The predicted octanol–water partition coefficient (Wildman–Crippen LogP) is 3.71. The van der Waals surface area contributed by atoms with Gasteiger partial charge in [-0.2, -0.15) is 5.26 Å². The summed E-state index contributed by atoms with van der Waals surface area (Å²) < 4.78 is 0. The molecule has 164 valence electrons. The topological polar surface area (TPSA) is 80.4 Å². The third kappa shape index (κ3) is 4.65. The van der Waals surface area contributed by atoms with E-state index in [2.05, 4.69) is 58.0 Å². The van der Waals surface area contributed by atoms with Crippen molar-refractivity contribution >= 4 is 22.8 Å². The zero-order chi connectivity index (χ0) is 22.5. The van der Waals surface area contributed by atoms with E-state index in [0.29, 0.717) is 18.4 Å². The molecule has 1 aromatic heterocycles. The number of hydrogen-bond donors (Lipinski definition) is 1. The number of anilines is 1. The minimum atomic E-state index is 0.188. The maximum absolute atomic E-state index is 9.34. The zero-order valence-electron chi connectivity index (χ0n) is 18.9. The fourth-order valence-electron chi connectivity index (χ4n) is 4.19. The van der Waals surface area contributed by atoms with Gasteiger partial charge in [0.15, 0.2) is 0 Å². The van der Waals surface area contributed by atoms with Crippen LogP contribution in [-0.4, -0.2) is 46.5 Å². The Morgan fingerprint density at radius 2 is 1.91 bits per heavy atom. The van der Waals surface area contributed by atoms with Crippen molar-refractivity contribution in [3.05, 3.63) is 65.9 Å². The molecule has 4 rings (SSSR count). The SMILES string of the molecule is Cc1ccccc1CN/C(=N\C#N)N1CCN(c2cnc3ccccc3n2)CC1C(C)C. The first-order valence-electron chi connectivity index (χ1n) is 11.1. The van der Waals surface area contributed by atoms with Gasteiger partial charge in [0.25, 0.3) is 0 Å². The summed E-state index contributed by atoms with van der Waals surface area (Å²) in [6, 6.07) is 16.4. The van der Waals surface area contributed by atoms with Gasteiger partial charge in [0.2, 0.25) is 12.2 Å². The Labute approximate surface area is 189 Å². The first-order valence-corrected chi connectivity index (χ1v) is 11.1. The lowest BCUT2D eigenvalue weighted by atomic mass is 9.99. The van der Waals surface area contributed by atoms with E-state index in [1.54, 1.807) is 0 Å². The molecular weight excluding hydrogens is 398 g/mol. The van der Waals surface area contributed by atoms with E-state index in [0.717, 1.165) is 36.5 Å². The molecule has 1 N–H and O–H groups in total. The van der Waals surface area contributed by atoms with Gasteiger partial charge in [-0.15, -0.1) is 4.99 Å². The van der Waals surface area contributed by atoms with E-state index < -0.39 is 0 Å². The largest absolute Gasteiger partial charge is 0.351 e. The summed E-state index contributed by atoms with van der Waals surface area (Å²) in [6.07, 6.45) is 3.84. The number of aromatic nitrogens is 2. The highest BCUT2D eigenvalue weighted by molar-refractivity contribution is 5.81. The third-order valence-corrected chi connectivity index (χ3v) is 6.07. The number of para-hydroxylation sites is 2. The molecule has 1 saturated heterocycles. The van der Waals surface area contributed by atoms with E-state index in [9.17, 15) is 5.26 Å². The van der Waals surface area contributed by atoms with Crippen LogP contribution in [0, 0.1) is 24.3 Å². The molecule has 1 atom stereocenters. The quantitative estimate of drug-likeness (QED) is 0.388. The molecule has 3 aromatic rings. The minimum absolute atomic E-state index is 0.188. The predicted molar refractivity (Wildman–Crippen MR) is 128 cm³/mol. The lowest BCUT2D eigenvalue weighted by Crippen LogP contribution is -2.60. The first kappa shape index (κ1) is 21.6. The highest BCUT2D eigenvalue weighted by Gasteiger charge is 2.32. The number of aryl methyl sites for hydroxylation is 1. The maximum Gasteiger partial charge on any atom is 0.210 e. The Balaban J connectivity index is 1.53. The second-order valence-electron chi connectivity index (χ2n) is 8.48. The zero-order valence-corrected chi connectivity index (χ0v) is 18.9. The summed E-state index contributed by atoms with van der Waals surface area (Å²) in [5.41, 5.74) is 4.22. The van der Waals surface area contributed by atoms with Gasteiger partial charge in [-0.3, -0.25) is 4.98 Å². The average molecular weight is 428 g/mol. The number of guanidine groups is 1. The first-order chi connectivity index (χ1) is 15.6. The summed E-state index contributed by atoms with van der Waals surface area (Å²) in [7, 11) is 0. The van der Waals surface area contributed by atoms with Crippen LogP contribution in [0.15, 0.2) is 59.7 Å². The molecule has 1 aliphatic heterocycles. The molecule has 7 nitrogen and oxygen atoms in total. The molecule has 0 aliphatic carbocycles. The van der Waals surface area contributed by atoms with Crippen molar-refractivity contribution in [3.63, 3.8) is 0 Å². The minimum Gasteiger partial charge on any atom is -0.351 e. The molecule has 7 heteroatoms. The smallest absolute Gasteiger partial charge is 0.210 e. The van der Waals surface area contributed by atoms with Crippen LogP contribution in [-0.2, 0) is 6.54 Å². The number of aliphatic imine (C=N–C) groups is 1. The molecule has 0 bridgehead atoms. The fourth-order valence-corrected chi connectivity index (χ4v) is 4.19. The lowest BCUT2D eigenvalue weighted by molar-refractivity contribution is 0.218. The molecule has 0 saturated carbocycles. The number of nitrogens with one attached hydrogen (secondary N) is 1. The summed E-state index contributed by atoms with van der Waals surface area (Å²) in [5, 5.41) is 12.8. The van der Waals surface area contributed by atoms with Crippen molar-refractivity contribution in [2.75, 3.05) is 24.5 Å². The summed E-state index contributed by atoms with van der Waals surface area (Å²) in [5.74, 6) is 1.90. The van der Waals surface area contributed by atoms with Crippen molar-refractivity contribution in [1.29, 1.82) is 5.26 Å². The molecular formula is C25H29N7. The number of nitriles is 1. The highest BCUT2D eigenvalue weighted by Crippen LogP contribution is 2.23. The van der Waals surface area contributed by atoms with Crippen LogP contribution in [0.5, 0.6) is 0 Å². The Bertz CT molecular complexity index is 1150. The van der Waals surface area contributed by atoms with Gasteiger partial charge < -0.3 is 15.1 Å². The number of hydrogen-bond acceptors (Lipinski definition) is 5. The van der Waals surface area contributed by atoms with Gasteiger partial charge in [0.05, 0.1) is 23.3 Å². The molecule has 1 unspecified atom stereocenters. The van der Waals surface area contributed by atoms with Crippen LogP contribution >= 0.6 is 0 Å². The summed E-state index contributed by atoms with van der Waals surface area (Å²) in [6.45, 7) is 9.47. The van der Waals surface area contributed by atoms with Gasteiger partial charge in [-0.1, -0.05) is 50.2 Å². The number of rotatable bonds is 4. The maximum atomic E-state index is 9.34. The van der Waals surface area contributed by atoms with Crippen molar-refractivity contribution in [3.8, 4) is 6.19 Å². The van der Waals surface area contributed by atoms with Crippen molar-refractivity contribution in [2.24, 2.45) is 10.9 Å². The number of piperazine rings is 1. The van der Waals surface area contributed by atoms with Gasteiger partial charge in [-0.25, -0.2) is 4.98 Å². The Hall–Kier alpha value is -3.66. The fraction of sp³-hybridized carbons (Fsp3) is 0.360. The molecule has 2 aromatic carbocycles. The van der Waals surface area contributed by atoms with Gasteiger partial charge in [0, 0.05) is 26.2 Å². The van der Waals surface area contributed by atoms with Crippen LogP contribution < -0.4 is 10.2 Å². The summed E-state index contributed by atoms with van der Waals surface area (Å²) in [4.78, 5) is 18.1. The Morgan fingerprint density at radius 3 is 2.66 bits per heavy atom. The van der Waals surface area contributed by atoms with Crippen LogP contribution in [0.4, 0.5) is 5.82 Å². The molecule has 2 heterocycles. The van der Waals surface area contributed by atoms with E-state index >= 15 is 0 Å². The van der Waals surface area contributed by atoms with E-state index in [1.807, 2.05) is 48.8 Å². The van der Waals surface area contributed by atoms with Crippen LogP contribution in [0.1, 0.15) is 25.0 Å². The second-order valence-corrected chi connectivity index (χ2v) is 8.48. The normalized spacial score (nSPS) is 17.0. The van der Waals surface area contributed by atoms with E-state index in [4.69, 9.17) is 4.98 Å². The number of benzene rings is 2.